The van der Waals surface area contributed by atoms with Crippen LogP contribution in [0.3, 0.4) is 0 Å². The van der Waals surface area contributed by atoms with Crippen molar-refractivity contribution in [2.24, 2.45) is 0 Å². The Morgan fingerprint density at radius 1 is 1.33 bits per heavy atom. The largest absolute Gasteiger partial charge is 0.347 e. The molecule has 0 spiro atoms. The third-order valence-corrected chi connectivity index (χ3v) is 4.52. The van der Waals surface area contributed by atoms with Gasteiger partial charge in [0.1, 0.15) is 0 Å². The lowest BCUT2D eigenvalue weighted by molar-refractivity contribution is -0.130. The van der Waals surface area contributed by atoms with Gasteiger partial charge < -0.3 is 10.2 Å². The fourth-order valence-electron chi connectivity index (χ4n) is 2.17. The molecule has 0 radical (unpaired) electrons. The van der Waals surface area contributed by atoms with Crippen LogP contribution in [0.5, 0.6) is 0 Å². The Morgan fingerprint density at radius 3 is 2.22 bits per heavy atom. The number of nitrogens with zero attached hydrogens (tertiary/aromatic N) is 2. The van der Waals surface area contributed by atoms with Gasteiger partial charge in [-0.1, -0.05) is 0 Å². The minimum Gasteiger partial charge on any atom is -0.347 e. The van der Waals surface area contributed by atoms with Gasteiger partial charge >= 0.3 is 0 Å². The van der Waals surface area contributed by atoms with Crippen LogP contribution >= 0.6 is 0 Å². The van der Waals surface area contributed by atoms with Gasteiger partial charge in [-0.25, -0.2) is 12.7 Å². The molecule has 1 fully saturated rings. The first kappa shape index (κ1) is 15.4. The number of hydrogen-bond donors (Lipinski definition) is 1. The number of likely N-dealkylation sites (N-methyl/N-ethyl adjacent to an activating group) is 1. The number of sulfonamides is 1. The molecule has 1 aliphatic rings. The van der Waals surface area contributed by atoms with Gasteiger partial charge in [0.2, 0.25) is 15.9 Å². The zero-order valence-electron chi connectivity index (χ0n) is 11.5. The van der Waals surface area contributed by atoms with Gasteiger partial charge in [-0.2, -0.15) is 0 Å². The van der Waals surface area contributed by atoms with Crippen molar-refractivity contribution in [1.82, 2.24) is 14.5 Å². The van der Waals surface area contributed by atoms with Crippen LogP contribution in [0.4, 0.5) is 0 Å². The van der Waals surface area contributed by atoms with Crippen LogP contribution in [-0.2, 0) is 14.8 Å². The summed E-state index contributed by atoms with van der Waals surface area (Å²) in [5.74, 6) is 0.0422. The van der Waals surface area contributed by atoms with Crippen molar-refractivity contribution in [2.75, 3.05) is 33.4 Å². The van der Waals surface area contributed by atoms with Crippen LogP contribution in [0, 0.1) is 0 Å². The average Bonchev–Trinajstić information content (AvgIpc) is 2.27. The highest BCUT2D eigenvalue weighted by Gasteiger charge is 2.27. The fourth-order valence-corrected chi connectivity index (χ4v) is 3.04. The molecule has 0 aromatic carbocycles. The molecule has 1 N–H and O–H groups in total. The molecular formula is C11H23N3O3S. The Morgan fingerprint density at radius 2 is 1.83 bits per heavy atom. The smallest absolute Gasteiger partial charge is 0.238 e. The summed E-state index contributed by atoms with van der Waals surface area (Å²) in [7, 11) is 0.381. The van der Waals surface area contributed by atoms with E-state index < -0.39 is 10.0 Å². The summed E-state index contributed by atoms with van der Waals surface area (Å²) in [5.41, 5.74) is 0. The summed E-state index contributed by atoms with van der Waals surface area (Å²) >= 11 is 0. The third-order valence-electron chi connectivity index (χ3n) is 3.22. The van der Waals surface area contributed by atoms with Crippen molar-refractivity contribution in [3.05, 3.63) is 0 Å². The lowest BCUT2D eigenvalue weighted by Crippen LogP contribution is -2.50. The van der Waals surface area contributed by atoms with E-state index in [-0.39, 0.29) is 18.0 Å². The second-order valence-corrected chi connectivity index (χ2v) is 7.04. The topological polar surface area (TPSA) is 69.7 Å². The molecule has 1 aliphatic heterocycles. The first-order chi connectivity index (χ1) is 8.21. The second-order valence-electron chi connectivity index (χ2n) is 5.06. The van der Waals surface area contributed by atoms with E-state index in [0.29, 0.717) is 13.1 Å². The summed E-state index contributed by atoms with van der Waals surface area (Å²) in [6.45, 7) is 2.89. The molecule has 0 aromatic rings. The molecule has 18 heavy (non-hydrogen) atoms. The lowest BCUT2D eigenvalue weighted by atomic mass is 10.1. The van der Waals surface area contributed by atoms with Gasteiger partial charge in [0.25, 0.3) is 0 Å². The fraction of sp³-hybridized carbons (Fsp3) is 0.909. The highest BCUT2D eigenvalue weighted by Crippen LogP contribution is 2.13. The normalized spacial score (nSPS) is 20.7. The molecule has 1 amide bonds. The van der Waals surface area contributed by atoms with E-state index in [9.17, 15) is 13.2 Å². The van der Waals surface area contributed by atoms with E-state index in [1.54, 1.807) is 19.0 Å². The van der Waals surface area contributed by atoms with Crippen LogP contribution in [0.1, 0.15) is 19.8 Å². The molecule has 7 heteroatoms. The molecular weight excluding hydrogens is 254 g/mol. The van der Waals surface area contributed by atoms with Crippen LogP contribution in [-0.4, -0.2) is 69.1 Å². The summed E-state index contributed by atoms with van der Waals surface area (Å²) in [6, 6.07) is -0.0170. The Hall–Kier alpha value is -0.660. The van der Waals surface area contributed by atoms with Crippen molar-refractivity contribution >= 4 is 15.9 Å². The molecule has 1 rings (SSSR count). The molecule has 1 heterocycles. The third kappa shape index (κ3) is 4.22. The Kier molecular flexibility index (Phi) is 5.12. The average molecular weight is 277 g/mol. The first-order valence-electron chi connectivity index (χ1n) is 6.14. The maximum Gasteiger partial charge on any atom is 0.238 e. The van der Waals surface area contributed by atoms with Crippen molar-refractivity contribution in [1.29, 1.82) is 0 Å². The maximum atomic E-state index is 11.7. The summed E-state index contributed by atoms with van der Waals surface area (Å²) in [6.07, 6.45) is 2.73. The zero-order chi connectivity index (χ0) is 13.9. The minimum absolute atomic E-state index is 0.0422. The molecule has 1 unspecified atom stereocenters. The van der Waals surface area contributed by atoms with E-state index in [1.165, 1.54) is 10.6 Å². The number of carbonyl (C=O) groups is 1. The standard InChI is InChI=1S/C11H23N3O3S/c1-9(11(15)13(2)3)12-10-5-7-14(8-6-10)18(4,16)17/h9-10,12H,5-8H2,1-4H3. The van der Waals surface area contributed by atoms with E-state index >= 15 is 0 Å². The number of hydrogen-bond acceptors (Lipinski definition) is 4. The van der Waals surface area contributed by atoms with Gasteiger partial charge in [0.15, 0.2) is 0 Å². The van der Waals surface area contributed by atoms with Gasteiger partial charge in [-0.15, -0.1) is 0 Å². The molecule has 106 valence electrons. The van der Waals surface area contributed by atoms with E-state index in [4.69, 9.17) is 0 Å². The second kappa shape index (κ2) is 5.99. The number of amides is 1. The Bertz CT molecular complexity index is 386. The molecule has 0 aliphatic carbocycles. The first-order valence-corrected chi connectivity index (χ1v) is 7.99. The Labute approximate surface area is 109 Å². The van der Waals surface area contributed by atoms with Gasteiger partial charge in [-0.3, -0.25) is 4.79 Å². The highest BCUT2D eigenvalue weighted by molar-refractivity contribution is 7.88. The van der Waals surface area contributed by atoms with Crippen LogP contribution in [0.15, 0.2) is 0 Å². The van der Waals surface area contributed by atoms with Gasteiger partial charge in [-0.05, 0) is 19.8 Å². The van der Waals surface area contributed by atoms with Crippen LogP contribution in [0.25, 0.3) is 0 Å². The zero-order valence-corrected chi connectivity index (χ0v) is 12.3. The maximum absolute atomic E-state index is 11.7. The number of nitrogens with one attached hydrogen (secondary N) is 1. The number of rotatable bonds is 4. The quantitative estimate of drug-likeness (QED) is 0.750. The predicted octanol–water partition coefficient (Wildman–Crippen LogP) is -0.523. The van der Waals surface area contributed by atoms with Gasteiger partial charge in [0, 0.05) is 33.2 Å². The lowest BCUT2D eigenvalue weighted by Gasteiger charge is -2.32. The number of piperidine rings is 1. The van der Waals surface area contributed by atoms with E-state index in [2.05, 4.69) is 5.32 Å². The van der Waals surface area contributed by atoms with Crippen molar-refractivity contribution in [2.45, 2.75) is 31.8 Å². The van der Waals surface area contributed by atoms with E-state index in [0.717, 1.165) is 12.8 Å². The summed E-state index contributed by atoms with van der Waals surface area (Å²) < 4.78 is 24.2. The van der Waals surface area contributed by atoms with Crippen LogP contribution in [0.2, 0.25) is 0 Å². The Balaban J connectivity index is 2.43. The number of carbonyl (C=O) groups excluding carboxylic acids is 1. The van der Waals surface area contributed by atoms with E-state index in [1.807, 2.05) is 6.92 Å². The molecule has 1 atom stereocenters. The SMILES string of the molecule is CC(NC1CCN(S(C)(=O)=O)CC1)C(=O)N(C)C. The van der Waals surface area contributed by atoms with Crippen molar-refractivity contribution in [3.8, 4) is 0 Å². The monoisotopic (exact) mass is 277 g/mol. The van der Waals surface area contributed by atoms with Crippen LogP contribution < -0.4 is 5.32 Å². The molecule has 0 aromatic heterocycles. The summed E-state index contributed by atoms with van der Waals surface area (Å²) in [4.78, 5) is 13.3. The minimum atomic E-state index is -3.08. The van der Waals surface area contributed by atoms with Gasteiger partial charge in [0.05, 0.1) is 12.3 Å². The van der Waals surface area contributed by atoms with Crippen molar-refractivity contribution < 1.29 is 13.2 Å². The predicted molar refractivity (Wildman–Crippen MR) is 70.7 cm³/mol. The molecule has 0 saturated carbocycles. The van der Waals surface area contributed by atoms with Crippen molar-refractivity contribution in [3.63, 3.8) is 0 Å². The molecule has 0 bridgehead atoms. The molecule has 6 nitrogen and oxygen atoms in total. The molecule has 1 saturated heterocycles. The highest BCUT2D eigenvalue weighted by atomic mass is 32.2. The summed E-state index contributed by atoms with van der Waals surface area (Å²) in [5, 5.41) is 3.26.